The first-order chi connectivity index (χ1) is 26.1. The topological polar surface area (TPSA) is 13.1 Å². The van der Waals surface area contributed by atoms with Gasteiger partial charge in [-0.1, -0.05) is 188 Å². The molecule has 0 saturated carbocycles. The van der Waals surface area contributed by atoms with Gasteiger partial charge in [0.2, 0.25) is 0 Å². The highest BCUT2D eigenvalue weighted by molar-refractivity contribution is 7.27. The highest BCUT2D eigenvalue weighted by Crippen LogP contribution is 2.31. The van der Waals surface area contributed by atoms with Crippen molar-refractivity contribution < 1.29 is 4.42 Å². The molecule has 9 rings (SSSR count). The van der Waals surface area contributed by atoms with Crippen molar-refractivity contribution in [2.24, 2.45) is 0 Å². The molecule has 3 heteroatoms. The van der Waals surface area contributed by atoms with Crippen molar-refractivity contribution in [2.45, 2.75) is 13.8 Å². The molecule has 53 heavy (non-hydrogen) atoms. The average molecular weight is 713 g/mol. The van der Waals surface area contributed by atoms with E-state index < -0.39 is 16.1 Å². The first-order valence-electron chi connectivity index (χ1n) is 18.4. The SMILES string of the molecule is Cc1cc2oc3cc([Si](c4ccccc4)(c4ccccc4)c4ccccc4)c([Si](c4ccccc4)(c4ccccc4)c4ccccc4)cc3c2cc1C. The summed E-state index contributed by atoms with van der Waals surface area (Å²) in [6.45, 7) is 4.38. The molecule has 1 heterocycles. The molecule has 0 aliphatic heterocycles. The second kappa shape index (κ2) is 13.5. The molecule has 0 unspecified atom stereocenters. The van der Waals surface area contributed by atoms with Crippen LogP contribution in [-0.4, -0.2) is 16.1 Å². The molecule has 0 spiro atoms. The van der Waals surface area contributed by atoms with Gasteiger partial charge in [0.1, 0.15) is 11.2 Å². The highest BCUT2D eigenvalue weighted by Gasteiger charge is 2.50. The third-order valence-electron chi connectivity index (χ3n) is 11.3. The third-order valence-corrected chi connectivity index (χ3v) is 21.2. The van der Waals surface area contributed by atoms with Crippen LogP contribution in [0.2, 0.25) is 0 Å². The van der Waals surface area contributed by atoms with Crippen molar-refractivity contribution in [3.63, 3.8) is 0 Å². The zero-order valence-corrected chi connectivity index (χ0v) is 32.0. The maximum Gasteiger partial charge on any atom is 0.179 e. The summed E-state index contributed by atoms with van der Waals surface area (Å²) in [5, 5.41) is 13.2. The number of furan rings is 1. The van der Waals surface area contributed by atoms with Crippen molar-refractivity contribution >= 4 is 79.6 Å². The van der Waals surface area contributed by atoms with Gasteiger partial charge in [0.25, 0.3) is 0 Å². The Bertz CT molecular complexity index is 2460. The van der Waals surface area contributed by atoms with Gasteiger partial charge >= 0.3 is 0 Å². The summed E-state index contributed by atoms with van der Waals surface area (Å²) in [4.78, 5) is 0. The largest absolute Gasteiger partial charge is 0.456 e. The van der Waals surface area contributed by atoms with E-state index in [-0.39, 0.29) is 0 Å². The Hall–Kier alpha value is -6.01. The summed E-state index contributed by atoms with van der Waals surface area (Å²) in [6.07, 6.45) is 0. The lowest BCUT2D eigenvalue weighted by molar-refractivity contribution is 0.669. The molecular formula is C50H40OSi2. The lowest BCUT2D eigenvalue weighted by Gasteiger charge is -2.42. The van der Waals surface area contributed by atoms with Crippen LogP contribution >= 0.6 is 0 Å². The minimum atomic E-state index is -3.07. The van der Waals surface area contributed by atoms with E-state index in [1.165, 1.54) is 63.4 Å². The Kier molecular flexibility index (Phi) is 8.38. The molecule has 1 nitrogen and oxygen atoms in total. The molecule has 254 valence electrons. The lowest BCUT2D eigenvalue weighted by Crippen LogP contribution is -2.84. The number of fused-ring (bicyclic) bond motifs is 3. The van der Waals surface area contributed by atoms with Gasteiger partial charge in [-0.3, -0.25) is 0 Å². The van der Waals surface area contributed by atoms with Gasteiger partial charge in [-0.15, -0.1) is 0 Å². The summed E-state index contributed by atoms with van der Waals surface area (Å²) in [5.41, 5.74) is 4.37. The maximum absolute atomic E-state index is 6.95. The maximum atomic E-state index is 6.95. The van der Waals surface area contributed by atoms with Crippen LogP contribution in [-0.2, 0) is 0 Å². The second-order valence-corrected chi connectivity index (χ2v) is 21.7. The van der Waals surface area contributed by atoms with Crippen molar-refractivity contribution in [1.82, 2.24) is 0 Å². The number of hydrogen-bond acceptors (Lipinski definition) is 1. The quantitative estimate of drug-likeness (QED) is 0.123. The van der Waals surface area contributed by atoms with Crippen molar-refractivity contribution in [3.05, 3.63) is 217 Å². The lowest BCUT2D eigenvalue weighted by atomic mass is 10.1. The van der Waals surface area contributed by atoms with Gasteiger partial charge in [-0.05, 0) is 84.7 Å². The third kappa shape index (κ3) is 5.27. The van der Waals surface area contributed by atoms with Crippen LogP contribution in [0.25, 0.3) is 21.9 Å². The van der Waals surface area contributed by atoms with Gasteiger partial charge in [0.05, 0.1) is 0 Å². The van der Waals surface area contributed by atoms with Crippen molar-refractivity contribution in [1.29, 1.82) is 0 Å². The van der Waals surface area contributed by atoms with Gasteiger partial charge in [0, 0.05) is 10.8 Å². The fourth-order valence-electron chi connectivity index (χ4n) is 8.76. The van der Waals surface area contributed by atoms with Crippen molar-refractivity contribution in [3.8, 4) is 0 Å². The molecule has 0 saturated heterocycles. The fraction of sp³-hybridized carbons (Fsp3) is 0.0400. The van der Waals surface area contributed by atoms with E-state index in [9.17, 15) is 0 Å². The molecule has 0 radical (unpaired) electrons. The highest BCUT2D eigenvalue weighted by atomic mass is 28.3. The molecule has 9 aromatic rings. The van der Waals surface area contributed by atoms with E-state index in [1.54, 1.807) is 0 Å². The van der Waals surface area contributed by atoms with E-state index >= 15 is 0 Å². The molecule has 0 aliphatic carbocycles. The summed E-state index contributed by atoms with van der Waals surface area (Å²) >= 11 is 0. The normalized spacial score (nSPS) is 12.0. The van der Waals surface area contributed by atoms with Gasteiger partial charge in [-0.25, -0.2) is 0 Å². The number of aryl methyl sites for hydroxylation is 2. The summed E-state index contributed by atoms with van der Waals surface area (Å²) in [7, 11) is -6.13. The molecule has 0 amide bonds. The van der Waals surface area contributed by atoms with Gasteiger partial charge < -0.3 is 4.42 Å². The van der Waals surface area contributed by atoms with Gasteiger partial charge in [0.15, 0.2) is 16.1 Å². The van der Waals surface area contributed by atoms with E-state index in [0.29, 0.717) is 0 Å². The zero-order chi connectivity index (χ0) is 35.8. The van der Waals surface area contributed by atoms with Crippen LogP contribution in [0.15, 0.2) is 211 Å². The van der Waals surface area contributed by atoms with Crippen LogP contribution in [0, 0.1) is 13.8 Å². The first kappa shape index (κ1) is 32.9. The molecule has 0 aliphatic rings. The van der Waals surface area contributed by atoms with Crippen LogP contribution in [0.3, 0.4) is 0 Å². The zero-order valence-electron chi connectivity index (χ0n) is 30.0. The van der Waals surface area contributed by atoms with Crippen LogP contribution < -0.4 is 41.5 Å². The molecule has 0 N–H and O–H groups in total. The number of benzene rings is 8. The second-order valence-electron chi connectivity index (χ2n) is 14.1. The monoisotopic (exact) mass is 712 g/mol. The van der Waals surface area contributed by atoms with Crippen LogP contribution in [0.4, 0.5) is 0 Å². The number of hydrogen-bond donors (Lipinski definition) is 0. The molecule has 0 fully saturated rings. The standard InChI is InChI=1S/C50H40OSi2/c1-37-33-45-46-35-49(52(39-21-9-3-10-22-39,40-23-11-4-12-24-40)41-25-13-5-14-26-41)50(36-48(46)51-47(45)34-38(37)2)53(42-27-15-6-16-28-42,43-29-17-7-18-30-43)44-31-19-8-20-32-44/h3-36H,1-2H3. The summed E-state index contributed by atoms with van der Waals surface area (Å²) in [6, 6.07) is 77.4. The summed E-state index contributed by atoms with van der Waals surface area (Å²) in [5.74, 6) is 0. The average Bonchev–Trinajstić information content (AvgIpc) is 3.57. The van der Waals surface area contributed by atoms with E-state index in [0.717, 1.165) is 11.2 Å². The molecule has 0 atom stereocenters. The van der Waals surface area contributed by atoms with Crippen LogP contribution in [0.5, 0.6) is 0 Å². The predicted molar refractivity (Wildman–Crippen MR) is 230 cm³/mol. The van der Waals surface area contributed by atoms with E-state index in [4.69, 9.17) is 4.42 Å². The smallest absolute Gasteiger partial charge is 0.179 e. The Morgan fingerprint density at radius 2 is 0.566 bits per heavy atom. The molecule has 8 aromatic carbocycles. The Morgan fingerprint density at radius 3 is 0.906 bits per heavy atom. The molecule has 1 aromatic heterocycles. The Balaban J connectivity index is 1.58. The Morgan fingerprint density at radius 1 is 0.302 bits per heavy atom. The minimum absolute atomic E-state index is 0.931. The predicted octanol–water partition coefficient (Wildman–Crippen LogP) is 6.96. The van der Waals surface area contributed by atoms with E-state index in [1.807, 2.05) is 0 Å². The minimum Gasteiger partial charge on any atom is -0.456 e. The molecule has 0 bridgehead atoms. The first-order valence-corrected chi connectivity index (χ1v) is 22.4. The fourth-order valence-corrected chi connectivity index (χ4v) is 19.6. The summed E-state index contributed by atoms with van der Waals surface area (Å²) < 4.78 is 6.95. The number of rotatable bonds is 8. The Labute approximate surface area is 313 Å². The van der Waals surface area contributed by atoms with Crippen LogP contribution in [0.1, 0.15) is 11.1 Å². The van der Waals surface area contributed by atoms with E-state index in [2.05, 4.69) is 220 Å². The van der Waals surface area contributed by atoms with Crippen molar-refractivity contribution in [2.75, 3.05) is 0 Å². The van der Waals surface area contributed by atoms with Gasteiger partial charge in [-0.2, -0.15) is 0 Å². The molecular weight excluding hydrogens is 673 g/mol.